The summed E-state index contributed by atoms with van der Waals surface area (Å²) in [5, 5.41) is 0. The number of hydrogen-bond acceptors (Lipinski definition) is 0. The van der Waals surface area contributed by atoms with E-state index in [9.17, 15) is 0 Å². The number of aryl methyl sites for hydroxylation is 6. The minimum absolute atomic E-state index is 1.09. The lowest BCUT2D eigenvalue weighted by Gasteiger charge is -2.23. The Morgan fingerprint density at radius 3 is 1.25 bits per heavy atom. The van der Waals surface area contributed by atoms with Crippen LogP contribution in [-0.4, -0.2) is 64.3 Å². The summed E-state index contributed by atoms with van der Waals surface area (Å²) in [7, 11) is 13.8. The topological polar surface area (TPSA) is 0 Å². The van der Waals surface area contributed by atoms with Gasteiger partial charge in [-0.1, -0.05) is 49.2 Å². The van der Waals surface area contributed by atoms with Gasteiger partial charge in [0.05, 0.1) is 55.4 Å². The van der Waals surface area contributed by atoms with Gasteiger partial charge in [-0.2, -0.15) is 0 Å². The average Bonchev–Trinajstić information content (AvgIpc) is 2.79. The highest BCUT2D eigenvalue weighted by molar-refractivity contribution is 5.38. The van der Waals surface area contributed by atoms with Crippen LogP contribution in [0.25, 0.3) is 0 Å². The summed E-state index contributed by atoms with van der Waals surface area (Å²) in [5.74, 6) is 0. The number of hydrogen-bond donors (Lipinski definition) is 0. The van der Waals surface area contributed by atoms with E-state index in [1.165, 1.54) is 114 Å². The van der Waals surface area contributed by atoms with Crippen molar-refractivity contribution in [2.24, 2.45) is 0 Å². The van der Waals surface area contributed by atoms with Crippen LogP contribution in [0.15, 0.2) is 36.4 Å². The summed E-state index contributed by atoms with van der Waals surface area (Å²) in [6, 6.07) is 14.8. The second kappa shape index (κ2) is 13.8. The third kappa shape index (κ3) is 10.8. The Morgan fingerprint density at radius 1 is 0.472 bits per heavy atom. The van der Waals surface area contributed by atoms with Gasteiger partial charge in [0.25, 0.3) is 0 Å². The third-order valence-electron chi connectivity index (χ3n) is 7.96. The molecule has 200 valence electrons. The minimum Gasteiger partial charge on any atom is -0.331 e. The number of benzene rings is 2. The van der Waals surface area contributed by atoms with E-state index in [0.717, 1.165) is 8.97 Å². The quantitative estimate of drug-likeness (QED) is 0.193. The maximum atomic E-state index is 2.55. The van der Waals surface area contributed by atoms with Gasteiger partial charge in [0.15, 0.2) is 0 Å². The largest absolute Gasteiger partial charge is 0.331 e. The van der Waals surface area contributed by atoms with Crippen LogP contribution in [0.3, 0.4) is 0 Å². The Hall–Kier alpha value is -1.64. The molecule has 0 aliphatic heterocycles. The molecule has 0 amide bonds. The van der Waals surface area contributed by atoms with Gasteiger partial charge in [-0.15, -0.1) is 0 Å². The fourth-order valence-corrected chi connectivity index (χ4v) is 5.69. The van der Waals surface area contributed by atoms with Crippen molar-refractivity contribution < 1.29 is 8.97 Å². The van der Waals surface area contributed by atoms with E-state index in [2.05, 4.69) is 78.7 Å². The summed E-state index contributed by atoms with van der Waals surface area (Å²) in [6.45, 7) is 2.58. The first-order chi connectivity index (χ1) is 17.1. The van der Waals surface area contributed by atoms with Crippen molar-refractivity contribution in [3.05, 3.63) is 69.8 Å². The predicted molar refractivity (Wildman–Crippen MR) is 158 cm³/mol. The number of unbranched alkanes of at least 4 members (excludes halogenated alkanes) is 6. The van der Waals surface area contributed by atoms with Crippen LogP contribution in [0.2, 0.25) is 0 Å². The lowest BCUT2D eigenvalue weighted by Crippen LogP contribution is -2.35. The standard InChI is InChI=1S/C34H56N2/c1-35(2,3)25-13-9-7-11-15-33-27-29-17-18-30-20-22-32(24-23-31(33)21-19-29)34(28-30)16-12-8-10-14-26-36(4,5)6/h19-22,27-28H,7-18,23-26H2,1-6H3/q+2. The summed E-state index contributed by atoms with van der Waals surface area (Å²) >= 11 is 0. The third-order valence-corrected chi connectivity index (χ3v) is 7.96. The van der Waals surface area contributed by atoms with Crippen molar-refractivity contribution in [1.29, 1.82) is 0 Å². The molecule has 2 aromatic rings. The van der Waals surface area contributed by atoms with Gasteiger partial charge in [0.2, 0.25) is 0 Å². The first-order valence-corrected chi connectivity index (χ1v) is 14.9. The molecule has 4 aliphatic rings. The molecular weight excluding hydrogens is 436 g/mol. The number of quaternary nitrogens is 2. The molecule has 0 N–H and O–H groups in total. The van der Waals surface area contributed by atoms with Crippen LogP contribution in [0.1, 0.15) is 84.7 Å². The van der Waals surface area contributed by atoms with Crippen LogP contribution >= 0.6 is 0 Å². The van der Waals surface area contributed by atoms with Crippen molar-refractivity contribution in [3.63, 3.8) is 0 Å². The predicted octanol–water partition coefficient (Wildman–Crippen LogP) is 7.19. The van der Waals surface area contributed by atoms with E-state index in [4.69, 9.17) is 0 Å². The molecular formula is C34H56N2+2. The van der Waals surface area contributed by atoms with E-state index in [0.29, 0.717) is 0 Å². The second-order valence-electron chi connectivity index (χ2n) is 13.6. The summed E-state index contributed by atoms with van der Waals surface area (Å²) in [4.78, 5) is 0. The van der Waals surface area contributed by atoms with Crippen molar-refractivity contribution in [2.75, 3.05) is 55.4 Å². The first-order valence-electron chi connectivity index (χ1n) is 14.9. The van der Waals surface area contributed by atoms with Gasteiger partial charge < -0.3 is 8.97 Å². The molecule has 0 saturated carbocycles. The summed E-state index contributed by atoms with van der Waals surface area (Å²) in [5.41, 5.74) is 9.52. The first kappa shape index (κ1) is 28.9. The SMILES string of the molecule is C[N+](C)(C)CCCCCCc1cc2ccc1CCc1ccc(cc1CCCCCC[N+](C)(C)C)CC2. The molecule has 36 heavy (non-hydrogen) atoms. The molecule has 2 aromatic carbocycles. The molecule has 0 aromatic heterocycles. The van der Waals surface area contributed by atoms with Crippen LogP contribution in [-0.2, 0) is 38.5 Å². The molecule has 4 aliphatic carbocycles. The highest BCUT2D eigenvalue weighted by Gasteiger charge is 2.12. The lowest BCUT2D eigenvalue weighted by molar-refractivity contribution is -0.870. The maximum absolute atomic E-state index is 2.55. The van der Waals surface area contributed by atoms with Gasteiger partial charge >= 0.3 is 0 Å². The van der Waals surface area contributed by atoms with Crippen LogP contribution < -0.4 is 0 Å². The molecule has 0 radical (unpaired) electrons. The minimum atomic E-state index is 1.09. The summed E-state index contributed by atoms with van der Waals surface area (Å²) in [6.07, 6.45) is 18.1. The smallest absolute Gasteiger partial charge is 0.0780 e. The Bertz CT molecular complexity index is 852. The number of nitrogens with zero attached hydrogens (tertiary/aromatic N) is 2. The Kier molecular flexibility index (Phi) is 11.1. The molecule has 0 unspecified atom stereocenters. The van der Waals surface area contributed by atoms with Crippen LogP contribution in [0.5, 0.6) is 0 Å². The van der Waals surface area contributed by atoms with Gasteiger partial charge in [0, 0.05) is 0 Å². The fraction of sp³-hybridized carbons (Fsp3) is 0.647. The molecule has 6 rings (SSSR count). The summed E-state index contributed by atoms with van der Waals surface area (Å²) < 4.78 is 2.18. The van der Waals surface area contributed by atoms with Gasteiger partial charge in [-0.3, -0.25) is 0 Å². The molecule has 2 nitrogen and oxygen atoms in total. The molecule has 0 fully saturated rings. The molecule has 0 spiro atoms. The van der Waals surface area contributed by atoms with Crippen molar-refractivity contribution in [3.8, 4) is 0 Å². The zero-order chi connectivity index (χ0) is 26.0. The van der Waals surface area contributed by atoms with Gasteiger partial charge in [0.1, 0.15) is 0 Å². The van der Waals surface area contributed by atoms with Crippen molar-refractivity contribution in [1.82, 2.24) is 0 Å². The maximum Gasteiger partial charge on any atom is 0.0780 e. The molecule has 0 atom stereocenters. The molecule has 2 heteroatoms. The highest BCUT2D eigenvalue weighted by atomic mass is 15.3. The highest BCUT2D eigenvalue weighted by Crippen LogP contribution is 2.24. The van der Waals surface area contributed by atoms with E-state index >= 15 is 0 Å². The monoisotopic (exact) mass is 492 g/mol. The van der Waals surface area contributed by atoms with Crippen LogP contribution in [0, 0.1) is 0 Å². The van der Waals surface area contributed by atoms with E-state index in [1.807, 2.05) is 0 Å². The Labute approximate surface area is 223 Å². The fourth-order valence-electron chi connectivity index (χ4n) is 5.69. The number of rotatable bonds is 14. The van der Waals surface area contributed by atoms with Crippen molar-refractivity contribution in [2.45, 2.75) is 89.9 Å². The zero-order valence-electron chi connectivity index (χ0n) is 24.7. The lowest BCUT2D eigenvalue weighted by atomic mass is 9.88. The van der Waals surface area contributed by atoms with E-state index in [-0.39, 0.29) is 0 Å². The average molecular weight is 493 g/mol. The van der Waals surface area contributed by atoms with E-state index in [1.54, 1.807) is 22.3 Å². The Morgan fingerprint density at radius 2 is 0.861 bits per heavy atom. The molecule has 0 heterocycles. The van der Waals surface area contributed by atoms with Crippen molar-refractivity contribution >= 4 is 0 Å². The zero-order valence-corrected chi connectivity index (χ0v) is 24.7. The Balaban J connectivity index is 1.55. The van der Waals surface area contributed by atoms with Gasteiger partial charge in [-0.25, -0.2) is 0 Å². The van der Waals surface area contributed by atoms with E-state index < -0.39 is 0 Å². The van der Waals surface area contributed by atoms with Crippen LogP contribution in [0.4, 0.5) is 0 Å². The van der Waals surface area contributed by atoms with Gasteiger partial charge in [-0.05, 0) is 110 Å². The molecule has 0 saturated heterocycles. The normalized spacial score (nSPS) is 14.2. The molecule has 4 bridgehead atoms. The second-order valence-corrected chi connectivity index (χ2v) is 13.6.